The first kappa shape index (κ1) is 12.2. The summed E-state index contributed by atoms with van der Waals surface area (Å²) < 4.78 is 1.18. The van der Waals surface area contributed by atoms with Crippen LogP contribution in [-0.4, -0.2) is 13.1 Å². The Labute approximate surface area is 127 Å². The van der Waals surface area contributed by atoms with Gasteiger partial charge in [0.2, 0.25) is 0 Å². The lowest BCUT2D eigenvalue weighted by Crippen LogP contribution is -2.17. The summed E-state index contributed by atoms with van der Waals surface area (Å²) in [7, 11) is 0. The van der Waals surface area contributed by atoms with Gasteiger partial charge >= 0.3 is 0 Å². The minimum Gasteiger partial charge on any atom is -0.372 e. The Morgan fingerprint density at radius 2 is 1.55 bits per heavy atom. The molecule has 1 aliphatic heterocycles. The molecule has 2 heteroatoms. The van der Waals surface area contributed by atoms with Crippen LogP contribution in [0.2, 0.25) is 0 Å². The van der Waals surface area contributed by atoms with Crippen molar-refractivity contribution >= 4 is 43.2 Å². The molecule has 1 nitrogen and oxygen atoms in total. The third-order valence-electron chi connectivity index (χ3n) is 4.26. The Morgan fingerprint density at radius 3 is 2.35 bits per heavy atom. The van der Waals surface area contributed by atoms with Gasteiger partial charge in [0.05, 0.1) is 0 Å². The SMILES string of the molecule is Brc1cc2ccc(N3CCCC3)cc2c2ccccc12. The molecular weight excluding hydrogens is 310 g/mol. The Bertz CT molecular complexity index is 788. The Morgan fingerprint density at radius 1 is 0.800 bits per heavy atom. The zero-order valence-corrected chi connectivity index (χ0v) is 12.9. The molecule has 0 radical (unpaired) electrons. The quantitative estimate of drug-likeness (QED) is 0.545. The van der Waals surface area contributed by atoms with Gasteiger partial charge in [-0.2, -0.15) is 0 Å². The molecule has 1 fully saturated rings. The summed E-state index contributed by atoms with van der Waals surface area (Å²) in [5.41, 5.74) is 1.36. The molecule has 0 aliphatic carbocycles. The normalized spacial score (nSPS) is 15.3. The highest BCUT2D eigenvalue weighted by Gasteiger charge is 2.13. The van der Waals surface area contributed by atoms with Gasteiger partial charge in [0.15, 0.2) is 0 Å². The van der Waals surface area contributed by atoms with E-state index in [2.05, 4.69) is 69.4 Å². The average Bonchev–Trinajstić information content (AvgIpc) is 3.02. The number of halogens is 1. The maximum Gasteiger partial charge on any atom is 0.0372 e. The van der Waals surface area contributed by atoms with Crippen LogP contribution in [0, 0.1) is 0 Å². The van der Waals surface area contributed by atoms with Gasteiger partial charge in [0, 0.05) is 23.2 Å². The molecular formula is C18H16BrN. The average molecular weight is 326 g/mol. The van der Waals surface area contributed by atoms with Gasteiger partial charge in [-0.3, -0.25) is 0 Å². The molecule has 3 aromatic carbocycles. The second-order valence-corrected chi connectivity index (χ2v) is 6.36. The Balaban J connectivity index is 2.00. The molecule has 20 heavy (non-hydrogen) atoms. The molecule has 1 saturated heterocycles. The summed E-state index contributed by atoms with van der Waals surface area (Å²) in [4.78, 5) is 2.50. The number of benzene rings is 3. The van der Waals surface area contributed by atoms with E-state index in [1.807, 2.05) is 0 Å². The predicted molar refractivity (Wildman–Crippen MR) is 90.6 cm³/mol. The number of hydrogen-bond acceptors (Lipinski definition) is 1. The van der Waals surface area contributed by atoms with Gasteiger partial charge < -0.3 is 4.90 Å². The number of anilines is 1. The van der Waals surface area contributed by atoms with E-state index in [0.717, 1.165) is 0 Å². The second kappa shape index (κ2) is 4.78. The summed E-state index contributed by atoms with van der Waals surface area (Å²) in [5, 5.41) is 5.28. The molecule has 0 N–H and O–H groups in total. The number of hydrogen-bond donors (Lipinski definition) is 0. The molecule has 0 aromatic heterocycles. The van der Waals surface area contributed by atoms with Crippen molar-refractivity contribution in [1.29, 1.82) is 0 Å². The lowest BCUT2D eigenvalue weighted by molar-refractivity contribution is 0.949. The highest BCUT2D eigenvalue weighted by Crippen LogP contribution is 2.34. The molecule has 0 bridgehead atoms. The van der Waals surface area contributed by atoms with Crippen molar-refractivity contribution in [2.75, 3.05) is 18.0 Å². The van der Waals surface area contributed by atoms with Gasteiger partial charge in [-0.15, -0.1) is 0 Å². The van der Waals surface area contributed by atoms with Gasteiger partial charge in [-0.25, -0.2) is 0 Å². The van der Waals surface area contributed by atoms with Crippen LogP contribution >= 0.6 is 15.9 Å². The van der Waals surface area contributed by atoms with E-state index in [4.69, 9.17) is 0 Å². The molecule has 4 rings (SSSR count). The maximum absolute atomic E-state index is 3.69. The van der Waals surface area contributed by atoms with Crippen molar-refractivity contribution in [3.63, 3.8) is 0 Å². The second-order valence-electron chi connectivity index (χ2n) is 5.50. The van der Waals surface area contributed by atoms with E-state index in [0.29, 0.717) is 0 Å². The standard InChI is InChI=1S/C18H16BrN/c19-18-11-13-7-8-14(20-9-3-4-10-20)12-17(13)15-5-1-2-6-16(15)18/h1-2,5-8,11-12H,3-4,9-10H2. The smallest absolute Gasteiger partial charge is 0.0372 e. The number of nitrogens with zero attached hydrogens (tertiary/aromatic N) is 1. The monoisotopic (exact) mass is 325 g/mol. The van der Waals surface area contributed by atoms with E-state index < -0.39 is 0 Å². The fourth-order valence-corrected chi connectivity index (χ4v) is 3.81. The van der Waals surface area contributed by atoms with E-state index in [9.17, 15) is 0 Å². The van der Waals surface area contributed by atoms with E-state index in [-0.39, 0.29) is 0 Å². The molecule has 0 atom stereocenters. The molecule has 3 aromatic rings. The van der Waals surface area contributed by atoms with E-state index in [1.165, 1.54) is 57.6 Å². The van der Waals surface area contributed by atoms with Gasteiger partial charge in [0.1, 0.15) is 0 Å². The van der Waals surface area contributed by atoms with Crippen LogP contribution in [0.15, 0.2) is 53.0 Å². The van der Waals surface area contributed by atoms with Gasteiger partial charge in [-0.05, 0) is 52.6 Å². The highest BCUT2D eigenvalue weighted by molar-refractivity contribution is 9.10. The van der Waals surface area contributed by atoms with Crippen LogP contribution < -0.4 is 4.90 Å². The van der Waals surface area contributed by atoms with Crippen LogP contribution in [0.5, 0.6) is 0 Å². The Kier molecular flexibility index (Phi) is 2.92. The molecule has 1 aliphatic rings. The summed E-state index contributed by atoms with van der Waals surface area (Å²) >= 11 is 3.69. The van der Waals surface area contributed by atoms with Gasteiger partial charge in [-0.1, -0.05) is 46.3 Å². The minimum absolute atomic E-state index is 1.18. The van der Waals surface area contributed by atoms with Crippen molar-refractivity contribution < 1.29 is 0 Å². The fourth-order valence-electron chi connectivity index (χ4n) is 3.22. The summed E-state index contributed by atoms with van der Waals surface area (Å²) in [5.74, 6) is 0. The van der Waals surface area contributed by atoms with Crippen molar-refractivity contribution in [3.8, 4) is 0 Å². The van der Waals surface area contributed by atoms with Crippen LogP contribution in [0.25, 0.3) is 21.5 Å². The first-order chi connectivity index (χ1) is 9.83. The minimum atomic E-state index is 1.18. The number of rotatable bonds is 1. The summed E-state index contributed by atoms with van der Waals surface area (Å²) in [6.07, 6.45) is 2.64. The van der Waals surface area contributed by atoms with E-state index >= 15 is 0 Å². The van der Waals surface area contributed by atoms with Crippen LogP contribution in [0.3, 0.4) is 0 Å². The summed E-state index contributed by atoms with van der Waals surface area (Å²) in [6.45, 7) is 2.39. The zero-order valence-electron chi connectivity index (χ0n) is 11.3. The first-order valence-corrected chi connectivity index (χ1v) is 7.98. The van der Waals surface area contributed by atoms with Crippen LogP contribution in [0.4, 0.5) is 5.69 Å². The van der Waals surface area contributed by atoms with Crippen molar-refractivity contribution in [3.05, 3.63) is 53.0 Å². The lowest BCUT2D eigenvalue weighted by atomic mass is 10.0. The predicted octanol–water partition coefficient (Wildman–Crippen LogP) is 5.36. The third kappa shape index (κ3) is 1.90. The molecule has 0 spiro atoms. The van der Waals surface area contributed by atoms with Gasteiger partial charge in [0.25, 0.3) is 0 Å². The molecule has 0 unspecified atom stereocenters. The molecule has 100 valence electrons. The van der Waals surface area contributed by atoms with Crippen LogP contribution in [-0.2, 0) is 0 Å². The van der Waals surface area contributed by atoms with E-state index in [1.54, 1.807) is 0 Å². The van der Waals surface area contributed by atoms with Crippen molar-refractivity contribution in [2.45, 2.75) is 12.8 Å². The highest BCUT2D eigenvalue weighted by atomic mass is 79.9. The van der Waals surface area contributed by atoms with Crippen molar-refractivity contribution in [2.24, 2.45) is 0 Å². The first-order valence-electron chi connectivity index (χ1n) is 7.19. The third-order valence-corrected chi connectivity index (χ3v) is 4.92. The Hall–Kier alpha value is -1.54. The summed E-state index contributed by atoms with van der Waals surface area (Å²) in [6, 6.07) is 17.7. The molecule has 0 saturated carbocycles. The maximum atomic E-state index is 3.69. The van der Waals surface area contributed by atoms with Crippen molar-refractivity contribution in [1.82, 2.24) is 0 Å². The largest absolute Gasteiger partial charge is 0.372 e. The molecule has 0 amide bonds. The topological polar surface area (TPSA) is 3.24 Å². The molecule has 1 heterocycles. The zero-order chi connectivity index (χ0) is 13.5. The van der Waals surface area contributed by atoms with Crippen LogP contribution in [0.1, 0.15) is 12.8 Å². The fraction of sp³-hybridized carbons (Fsp3) is 0.222. The number of fused-ring (bicyclic) bond motifs is 3. The lowest BCUT2D eigenvalue weighted by Gasteiger charge is -2.18.